The SMILES string of the molecule is O=[N+]([O-])c1c(NCCOC2CCCC2)nc2sccn12. The summed E-state index contributed by atoms with van der Waals surface area (Å²) in [6.07, 6.45) is 6.74. The van der Waals surface area contributed by atoms with Crippen LogP contribution in [0.4, 0.5) is 11.6 Å². The summed E-state index contributed by atoms with van der Waals surface area (Å²) in [4.78, 5) is 15.6. The Balaban J connectivity index is 1.60. The van der Waals surface area contributed by atoms with E-state index in [1.54, 1.807) is 11.6 Å². The number of nitrogens with zero attached hydrogens (tertiary/aromatic N) is 3. The normalized spacial score (nSPS) is 16.0. The van der Waals surface area contributed by atoms with Crippen molar-refractivity contribution in [2.45, 2.75) is 31.8 Å². The molecule has 3 rings (SSSR count). The van der Waals surface area contributed by atoms with Crippen LogP contribution < -0.4 is 5.32 Å². The van der Waals surface area contributed by atoms with Crippen molar-refractivity contribution in [2.75, 3.05) is 18.5 Å². The molecule has 0 atom stereocenters. The molecule has 8 heteroatoms. The van der Waals surface area contributed by atoms with Crippen LogP contribution in [0.25, 0.3) is 4.96 Å². The first kappa shape index (κ1) is 13.3. The smallest absolute Gasteiger partial charge is 0.372 e. The molecule has 1 aliphatic rings. The fourth-order valence-corrected chi connectivity index (χ4v) is 3.23. The van der Waals surface area contributed by atoms with Gasteiger partial charge in [0.25, 0.3) is 4.96 Å². The minimum absolute atomic E-state index is 0.0119. The average Bonchev–Trinajstić information content (AvgIpc) is 3.10. The van der Waals surface area contributed by atoms with Crippen LogP contribution in [0.3, 0.4) is 0 Å². The Bertz CT molecular complexity index is 603. The maximum Gasteiger partial charge on any atom is 0.372 e. The molecular weight excluding hydrogens is 280 g/mol. The third-order valence-electron chi connectivity index (χ3n) is 3.46. The molecule has 0 radical (unpaired) electrons. The summed E-state index contributed by atoms with van der Waals surface area (Å²) < 4.78 is 7.21. The van der Waals surface area contributed by atoms with Crippen LogP contribution in [-0.2, 0) is 4.74 Å². The predicted octanol–water partition coefficient (Wildman–Crippen LogP) is 2.68. The number of nitro groups is 1. The zero-order valence-electron chi connectivity index (χ0n) is 10.9. The van der Waals surface area contributed by atoms with Crippen LogP contribution in [0.1, 0.15) is 25.7 Å². The Hall–Kier alpha value is -1.67. The fourth-order valence-electron chi connectivity index (χ4n) is 2.52. The molecule has 0 spiro atoms. The lowest BCUT2D eigenvalue weighted by Crippen LogP contribution is -2.16. The molecule has 20 heavy (non-hydrogen) atoms. The number of rotatable bonds is 6. The molecular formula is C12H16N4O3S. The predicted molar refractivity (Wildman–Crippen MR) is 76.4 cm³/mol. The molecule has 0 unspecified atom stereocenters. The second-order valence-electron chi connectivity index (χ2n) is 4.80. The van der Waals surface area contributed by atoms with Crippen LogP contribution >= 0.6 is 11.3 Å². The van der Waals surface area contributed by atoms with E-state index in [0.717, 1.165) is 12.8 Å². The van der Waals surface area contributed by atoms with Gasteiger partial charge >= 0.3 is 5.82 Å². The molecule has 0 bridgehead atoms. The van der Waals surface area contributed by atoms with Gasteiger partial charge in [-0.1, -0.05) is 24.2 Å². The van der Waals surface area contributed by atoms with Crippen molar-refractivity contribution in [2.24, 2.45) is 0 Å². The van der Waals surface area contributed by atoms with Crippen LogP contribution in [0, 0.1) is 10.1 Å². The van der Waals surface area contributed by atoms with Crippen molar-refractivity contribution in [1.29, 1.82) is 0 Å². The summed E-state index contributed by atoms with van der Waals surface area (Å²) in [5.41, 5.74) is 0. The topological polar surface area (TPSA) is 81.7 Å². The van der Waals surface area contributed by atoms with Crippen molar-refractivity contribution < 1.29 is 9.66 Å². The van der Waals surface area contributed by atoms with Gasteiger partial charge in [0, 0.05) is 11.9 Å². The Morgan fingerprint density at radius 1 is 1.55 bits per heavy atom. The largest absolute Gasteiger partial charge is 0.376 e. The molecule has 0 saturated heterocycles. The van der Waals surface area contributed by atoms with Gasteiger partial charge in [-0.2, -0.15) is 9.38 Å². The minimum atomic E-state index is -0.410. The monoisotopic (exact) mass is 296 g/mol. The number of ether oxygens (including phenoxy) is 1. The molecule has 1 saturated carbocycles. The van der Waals surface area contributed by atoms with Crippen molar-refractivity contribution >= 4 is 27.9 Å². The highest BCUT2D eigenvalue weighted by Gasteiger charge is 2.23. The number of thiazole rings is 1. The van der Waals surface area contributed by atoms with Gasteiger partial charge in [0.15, 0.2) is 0 Å². The summed E-state index contributed by atoms with van der Waals surface area (Å²) >= 11 is 1.38. The summed E-state index contributed by atoms with van der Waals surface area (Å²) in [5.74, 6) is 0.305. The third-order valence-corrected chi connectivity index (χ3v) is 4.22. The van der Waals surface area contributed by atoms with E-state index in [-0.39, 0.29) is 5.82 Å². The number of imidazole rings is 1. The van der Waals surface area contributed by atoms with Crippen molar-refractivity contribution in [1.82, 2.24) is 9.38 Å². The Labute approximate surface area is 119 Å². The van der Waals surface area contributed by atoms with Crippen LogP contribution in [0.2, 0.25) is 0 Å². The summed E-state index contributed by atoms with van der Waals surface area (Å²) in [6.45, 7) is 1.08. The standard InChI is InChI=1S/C12H16N4O3S/c17-16(18)11-10(14-12-15(11)6-8-20-12)13-5-7-19-9-3-1-2-4-9/h6,8-9,13H,1-5,7H2. The van der Waals surface area contributed by atoms with E-state index in [0.29, 0.717) is 30.0 Å². The number of hydrogen-bond acceptors (Lipinski definition) is 6. The summed E-state index contributed by atoms with van der Waals surface area (Å²) in [6, 6.07) is 0. The highest BCUT2D eigenvalue weighted by Crippen LogP contribution is 2.27. The zero-order chi connectivity index (χ0) is 13.9. The summed E-state index contributed by atoms with van der Waals surface area (Å²) in [7, 11) is 0. The van der Waals surface area contributed by atoms with E-state index in [1.165, 1.54) is 28.6 Å². The van der Waals surface area contributed by atoms with E-state index in [2.05, 4.69) is 10.3 Å². The summed E-state index contributed by atoms with van der Waals surface area (Å²) in [5, 5.41) is 15.9. The molecule has 1 fully saturated rings. The van der Waals surface area contributed by atoms with Gasteiger partial charge in [0.1, 0.15) is 6.20 Å². The highest BCUT2D eigenvalue weighted by atomic mass is 32.1. The van der Waals surface area contributed by atoms with Gasteiger partial charge in [0.2, 0.25) is 5.82 Å². The Kier molecular flexibility index (Phi) is 3.83. The quantitative estimate of drug-likeness (QED) is 0.503. The van der Waals surface area contributed by atoms with Gasteiger partial charge in [0.05, 0.1) is 12.7 Å². The number of hydrogen-bond donors (Lipinski definition) is 1. The van der Waals surface area contributed by atoms with Crippen molar-refractivity contribution in [3.8, 4) is 0 Å². The van der Waals surface area contributed by atoms with E-state index >= 15 is 0 Å². The number of fused-ring (bicyclic) bond motifs is 1. The maximum atomic E-state index is 11.1. The fraction of sp³-hybridized carbons (Fsp3) is 0.583. The lowest BCUT2D eigenvalue weighted by molar-refractivity contribution is -0.389. The molecule has 0 aliphatic heterocycles. The molecule has 2 aromatic heterocycles. The van der Waals surface area contributed by atoms with Crippen LogP contribution in [0.15, 0.2) is 11.6 Å². The molecule has 1 aliphatic carbocycles. The lowest BCUT2D eigenvalue weighted by Gasteiger charge is -2.10. The number of nitrogens with one attached hydrogen (secondary N) is 1. The first-order valence-electron chi connectivity index (χ1n) is 6.71. The van der Waals surface area contributed by atoms with Gasteiger partial charge in [-0.05, 0) is 17.8 Å². The van der Waals surface area contributed by atoms with Gasteiger partial charge in [-0.15, -0.1) is 0 Å². The van der Waals surface area contributed by atoms with Gasteiger partial charge in [-0.3, -0.25) is 0 Å². The number of anilines is 1. The van der Waals surface area contributed by atoms with E-state index in [9.17, 15) is 10.1 Å². The highest BCUT2D eigenvalue weighted by molar-refractivity contribution is 7.15. The molecule has 2 aromatic rings. The third kappa shape index (κ3) is 2.61. The maximum absolute atomic E-state index is 11.1. The van der Waals surface area contributed by atoms with Crippen molar-refractivity contribution in [3.05, 3.63) is 21.7 Å². The molecule has 7 nitrogen and oxygen atoms in total. The minimum Gasteiger partial charge on any atom is -0.376 e. The molecule has 0 amide bonds. The van der Waals surface area contributed by atoms with Crippen LogP contribution in [-0.4, -0.2) is 33.6 Å². The number of aromatic nitrogens is 2. The van der Waals surface area contributed by atoms with Gasteiger partial charge < -0.3 is 20.2 Å². The second kappa shape index (κ2) is 5.76. The lowest BCUT2D eigenvalue weighted by atomic mass is 10.3. The second-order valence-corrected chi connectivity index (χ2v) is 5.67. The first-order valence-corrected chi connectivity index (χ1v) is 7.59. The molecule has 108 valence electrons. The first-order chi connectivity index (χ1) is 9.75. The molecule has 1 N–H and O–H groups in total. The van der Waals surface area contributed by atoms with E-state index in [4.69, 9.17) is 4.74 Å². The van der Waals surface area contributed by atoms with Crippen LogP contribution in [0.5, 0.6) is 0 Å². The van der Waals surface area contributed by atoms with Crippen molar-refractivity contribution in [3.63, 3.8) is 0 Å². The van der Waals surface area contributed by atoms with Gasteiger partial charge in [-0.25, -0.2) is 0 Å². The zero-order valence-corrected chi connectivity index (χ0v) is 11.8. The Morgan fingerprint density at radius 3 is 3.10 bits per heavy atom. The van der Waals surface area contributed by atoms with E-state index in [1.807, 2.05) is 0 Å². The molecule has 0 aromatic carbocycles. The Morgan fingerprint density at radius 2 is 2.35 bits per heavy atom. The van der Waals surface area contributed by atoms with E-state index < -0.39 is 4.92 Å². The molecule has 2 heterocycles. The average molecular weight is 296 g/mol.